The number of rotatable bonds is 26. The van der Waals surface area contributed by atoms with Crippen LogP contribution in [-0.2, 0) is 63.0 Å². The van der Waals surface area contributed by atoms with Crippen LogP contribution in [0.5, 0.6) is 0 Å². The van der Waals surface area contributed by atoms with Crippen LogP contribution in [-0.4, -0.2) is 66.1 Å². The fourth-order valence-corrected chi connectivity index (χ4v) is 10.5. The molecule has 0 aliphatic carbocycles. The van der Waals surface area contributed by atoms with E-state index in [0.29, 0.717) is 12.1 Å². The number of hydrogen-bond donors (Lipinski definition) is 8. The van der Waals surface area contributed by atoms with Crippen LogP contribution in [0.25, 0.3) is 0 Å². The topological polar surface area (TPSA) is 223 Å². The third-order valence-corrected chi connectivity index (χ3v) is 17.8. The molecule has 0 heterocycles. The Morgan fingerprint density at radius 3 is 0.894 bits per heavy atom. The molecule has 603 valence electrons. The summed E-state index contributed by atoms with van der Waals surface area (Å²) in [5.74, 6) is 1.50. The minimum absolute atomic E-state index is 0. The van der Waals surface area contributed by atoms with Crippen LogP contribution >= 0.6 is 0 Å². The SMILES string of the molecule is C.CC(C)(C)c1cc(C=O)cc(C(C)(C)C)c1.CC(C)(C)c1cc(C[NH2+]C[C@@H]([NH3+])CCC[NH3+])cc(C(C)(C)C)c1.CC(C)(C)c1cc(C[NH2+]C[C@@H]([NH3+])CCC[NH3+])cc(C(C)(C)C)c1.CCCC[C@H](C)CN.CCCC[C@H](C)CNCc1cc(C(C)(C)C)cc(C(C)(C)C)c1.[B].[C-]#N.[Cl-].[Cl-].[Cl-].[Cl-].[Cl-].[Cl-].[Na+]. The molecule has 4 aromatic carbocycles. The smallest absolute Gasteiger partial charge is 1.00 e. The summed E-state index contributed by atoms with van der Waals surface area (Å²) in [5.41, 5.74) is 39.3. The minimum atomic E-state index is 0. The van der Waals surface area contributed by atoms with Gasteiger partial charge in [0.2, 0.25) is 0 Å². The summed E-state index contributed by atoms with van der Waals surface area (Å²) in [7, 11) is 0. The van der Waals surface area contributed by atoms with Crippen molar-refractivity contribution in [1.29, 1.82) is 5.26 Å². The van der Waals surface area contributed by atoms with Gasteiger partial charge in [0.15, 0.2) is 0 Å². The van der Waals surface area contributed by atoms with E-state index >= 15 is 0 Å². The normalized spacial score (nSPS) is 12.4. The number of carbonyl (C=O) groups excluding carboxylic acids is 1. The predicted octanol–water partition coefficient (Wildman–Crippen LogP) is -6.60. The van der Waals surface area contributed by atoms with Gasteiger partial charge in [0.1, 0.15) is 44.5 Å². The van der Waals surface area contributed by atoms with E-state index in [0.717, 1.165) is 82.6 Å². The number of carbonyl (C=O) groups is 1. The summed E-state index contributed by atoms with van der Waals surface area (Å²) < 4.78 is 0. The molecule has 4 atom stereocenters. The molecule has 0 aromatic heterocycles. The van der Waals surface area contributed by atoms with E-state index in [1.54, 1.807) is 0 Å². The average molecular weight is 1580 g/mol. The molecule has 0 aliphatic heterocycles. The molecule has 4 rings (SSSR count). The maximum Gasteiger partial charge on any atom is 1.00 e. The first-order chi connectivity index (χ1) is 43.6. The first-order valence-electron chi connectivity index (χ1n) is 37.1. The number of nitrogens with zero attached hydrogens (tertiary/aromatic N) is 1. The molecule has 104 heavy (non-hydrogen) atoms. The van der Waals surface area contributed by atoms with Crippen molar-refractivity contribution in [3.05, 3.63) is 146 Å². The van der Waals surface area contributed by atoms with Gasteiger partial charge in [-0.25, -0.2) is 0 Å². The van der Waals surface area contributed by atoms with Crippen molar-refractivity contribution in [3.63, 3.8) is 0 Å². The summed E-state index contributed by atoms with van der Waals surface area (Å²) in [6, 6.07) is 28.8. The standard InChI is InChI=1S/C22H39N.2C20H37N3.C15H22O.C7H17N.CN.CH4.B.6ClH.Na/c1-9-10-11-17(2)15-23-16-18-12-19(21(3,4)5)14-20(13-18)22(6,7)8;2*1-19(2,3)16-10-15(11-17(12-16)20(4,5)6)13-23-14-18(22)8-7-9-21;1-14(2,3)12-7-11(10-16)8-13(9-12)15(4,5)6;1-3-4-5-7(2)6-8;1-2;;;;;;;;;/h12-14,17,23H,9-11,15-16H2,1-8H3;2*10-12,18,23H,7-9,13-14,21-22H2,1-6H3;7-10H,1-6H3;7H,3-6,8H2,1-2H3;;1H4;;6*1H;/q;;;;;-1;;;;;;;;;+1/t17-;2*18-;;7-;;;;;;;;;;/m000.0........../s1. The molecule has 10 nitrogen and oxygen atoms in total. The zero-order chi connectivity index (χ0) is 74.0. The fourth-order valence-electron chi connectivity index (χ4n) is 10.5. The number of quaternary nitrogens is 6. The van der Waals surface area contributed by atoms with E-state index in [1.807, 2.05) is 12.1 Å². The number of unbranched alkanes of at least 4 members (excludes halogenated alkanes) is 2. The quantitative estimate of drug-likeness (QED) is 0.0175. The maximum absolute atomic E-state index is 11.0. The Morgan fingerprint density at radius 1 is 0.433 bits per heavy atom. The van der Waals surface area contributed by atoms with Gasteiger partial charge in [-0.2, -0.15) is 0 Å². The van der Waals surface area contributed by atoms with Gasteiger partial charge in [-0.05, 0) is 168 Å². The van der Waals surface area contributed by atoms with Crippen molar-refractivity contribution in [1.82, 2.24) is 5.32 Å². The van der Waals surface area contributed by atoms with E-state index in [-0.39, 0.29) is 163 Å². The average Bonchev–Trinajstić information content (AvgIpc) is 0.834. The fraction of sp³-hybridized carbons (Fsp3) is 0.698. The number of hydrogen-bond acceptors (Lipinski definition) is 4. The third-order valence-electron chi connectivity index (χ3n) is 17.8. The minimum Gasteiger partial charge on any atom is -1.00 e. The molecule has 0 amide bonds. The van der Waals surface area contributed by atoms with Crippen molar-refractivity contribution in [2.24, 2.45) is 17.6 Å². The molecule has 0 saturated heterocycles. The van der Waals surface area contributed by atoms with E-state index in [9.17, 15) is 4.79 Å². The second kappa shape index (κ2) is 61.2. The van der Waals surface area contributed by atoms with Crippen molar-refractivity contribution in [2.75, 3.05) is 39.3 Å². The molecule has 0 bridgehead atoms. The number of nitrogens with two attached hydrogens (primary N) is 3. The summed E-state index contributed by atoms with van der Waals surface area (Å²) in [4.78, 5) is 11.0. The molecule has 0 spiro atoms. The van der Waals surface area contributed by atoms with Crippen molar-refractivity contribution < 1.29 is 142 Å². The van der Waals surface area contributed by atoms with E-state index in [1.165, 1.54) is 125 Å². The van der Waals surface area contributed by atoms with Gasteiger partial charge in [-0.1, -0.05) is 263 Å². The number of nitrogens with one attached hydrogen (secondary N) is 1. The Bertz CT molecular complexity index is 2420. The molecule has 19 N–H and O–H groups in total. The Kier molecular flexibility index (Phi) is 74.2. The molecule has 18 heteroatoms. The molecule has 0 unspecified atom stereocenters. The van der Waals surface area contributed by atoms with Gasteiger partial charge in [-0.15, -0.1) is 0 Å². The number of benzene rings is 4. The summed E-state index contributed by atoms with van der Waals surface area (Å²) in [5, 5.41) is 14.7. The molecule has 0 fully saturated rings. The molecule has 0 aliphatic rings. The monoisotopic (exact) mass is 1580 g/mol. The molecule has 0 saturated carbocycles. The summed E-state index contributed by atoms with van der Waals surface area (Å²) >= 11 is 0. The van der Waals surface area contributed by atoms with E-state index in [4.69, 9.17) is 17.6 Å². The zero-order valence-corrected chi connectivity index (χ0v) is 78.0. The Hall–Kier alpha value is -1.48. The van der Waals surface area contributed by atoms with Crippen LogP contribution in [0.2, 0.25) is 0 Å². The second-order valence-corrected chi connectivity index (χ2v) is 36.3. The third kappa shape index (κ3) is 56.7. The zero-order valence-electron chi connectivity index (χ0n) is 71.5. The second-order valence-electron chi connectivity index (χ2n) is 36.3. The Morgan fingerprint density at radius 2 is 0.673 bits per heavy atom. The largest absolute Gasteiger partial charge is 1.00 e. The summed E-state index contributed by atoms with van der Waals surface area (Å²) in [6.07, 6.45) is 13.6. The Balaban J connectivity index is -0.000000115. The van der Waals surface area contributed by atoms with Crippen LogP contribution in [0.1, 0.15) is 337 Å². The van der Waals surface area contributed by atoms with Gasteiger partial charge in [0, 0.05) is 57.3 Å². The van der Waals surface area contributed by atoms with Crippen molar-refractivity contribution in [2.45, 2.75) is 341 Å². The predicted molar refractivity (Wildman–Crippen MR) is 425 cm³/mol. The maximum atomic E-state index is 11.0. The summed E-state index contributed by atoms with van der Waals surface area (Å²) in [6.45, 7) is 77.5. The molecular formula is C86H162BCl6N9NaO. The van der Waals surface area contributed by atoms with Gasteiger partial charge < -0.3 is 131 Å². The van der Waals surface area contributed by atoms with Crippen LogP contribution in [0.3, 0.4) is 0 Å². The van der Waals surface area contributed by atoms with Crippen LogP contribution < -0.4 is 149 Å². The number of halogens is 6. The molecule has 4 aromatic rings. The molecular weight excluding hydrogens is 1420 g/mol. The number of aldehydes is 1. The van der Waals surface area contributed by atoms with Crippen molar-refractivity contribution in [3.8, 4) is 0 Å². The van der Waals surface area contributed by atoms with Crippen LogP contribution in [0.4, 0.5) is 0 Å². The van der Waals surface area contributed by atoms with Gasteiger partial charge in [0.05, 0.1) is 13.1 Å². The van der Waals surface area contributed by atoms with Gasteiger partial charge in [-0.3, -0.25) is 4.79 Å². The van der Waals surface area contributed by atoms with Gasteiger partial charge in [0.25, 0.3) is 0 Å². The van der Waals surface area contributed by atoms with E-state index in [2.05, 4.69) is 293 Å². The van der Waals surface area contributed by atoms with Crippen molar-refractivity contribution >= 4 is 14.7 Å². The first kappa shape index (κ1) is 126. The van der Waals surface area contributed by atoms with E-state index < -0.39 is 0 Å². The Labute approximate surface area is 705 Å². The molecule has 3 radical (unpaired) electrons. The van der Waals surface area contributed by atoms with Crippen LogP contribution in [0.15, 0.2) is 72.8 Å². The first-order valence-corrected chi connectivity index (χ1v) is 37.1. The van der Waals surface area contributed by atoms with Gasteiger partial charge >= 0.3 is 29.6 Å². The van der Waals surface area contributed by atoms with Crippen LogP contribution in [0, 0.1) is 23.7 Å².